The van der Waals surface area contributed by atoms with Gasteiger partial charge in [-0.1, -0.05) is 31.9 Å². The van der Waals surface area contributed by atoms with Gasteiger partial charge in [-0.25, -0.2) is 4.79 Å². The maximum Gasteiger partial charge on any atom is 0.379 e. The van der Waals surface area contributed by atoms with Crippen molar-refractivity contribution in [1.29, 1.82) is 0 Å². The minimum atomic E-state index is -0.869. The SMILES string of the molecule is COC(=O)C(=O)c1cc(Br)c(C)cc1Br. The molecule has 0 saturated heterocycles. The lowest BCUT2D eigenvalue weighted by Crippen LogP contribution is -2.16. The van der Waals surface area contributed by atoms with Gasteiger partial charge in [-0.15, -0.1) is 0 Å². The maximum absolute atomic E-state index is 11.5. The normalized spacial score (nSPS) is 9.87. The molecule has 0 radical (unpaired) electrons. The van der Waals surface area contributed by atoms with E-state index in [2.05, 4.69) is 36.6 Å². The first kappa shape index (κ1) is 12.4. The molecule has 15 heavy (non-hydrogen) atoms. The van der Waals surface area contributed by atoms with Crippen LogP contribution in [0.15, 0.2) is 21.1 Å². The van der Waals surface area contributed by atoms with Crippen molar-refractivity contribution in [2.45, 2.75) is 6.92 Å². The Morgan fingerprint density at radius 1 is 1.20 bits per heavy atom. The first-order valence-corrected chi connectivity index (χ1v) is 5.64. The zero-order valence-electron chi connectivity index (χ0n) is 8.14. The molecule has 0 amide bonds. The van der Waals surface area contributed by atoms with Gasteiger partial charge in [0, 0.05) is 14.5 Å². The minimum Gasteiger partial charge on any atom is -0.463 e. The van der Waals surface area contributed by atoms with Gasteiger partial charge < -0.3 is 4.74 Å². The number of benzene rings is 1. The van der Waals surface area contributed by atoms with Crippen LogP contribution in [0.3, 0.4) is 0 Å². The number of hydrogen-bond donors (Lipinski definition) is 0. The van der Waals surface area contributed by atoms with E-state index in [4.69, 9.17) is 0 Å². The van der Waals surface area contributed by atoms with Crippen LogP contribution in [0, 0.1) is 6.92 Å². The molecule has 80 valence electrons. The molecule has 5 heteroatoms. The molecule has 0 unspecified atom stereocenters. The molecular formula is C10H8Br2O3. The number of ketones is 1. The van der Waals surface area contributed by atoms with E-state index in [1.807, 2.05) is 6.92 Å². The molecule has 0 aliphatic rings. The lowest BCUT2D eigenvalue weighted by atomic mass is 10.1. The van der Waals surface area contributed by atoms with Crippen LogP contribution in [0.4, 0.5) is 0 Å². The van der Waals surface area contributed by atoms with Crippen LogP contribution in [0.2, 0.25) is 0 Å². The Labute approximate surface area is 104 Å². The summed E-state index contributed by atoms with van der Waals surface area (Å²) in [7, 11) is 1.18. The van der Waals surface area contributed by atoms with Crippen LogP contribution in [-0.4, -0.2) is 18.9 Å². The van der Waals surface area contributed by atoms with Crippen molar-refractivity contribution in [3.8, 4) is 0 Å². The van der Waals surface area contributed by atoms with Gasteiger partial charge in [-0.3, -0.25) is 4.79 Å². The van der Waals surface area contributed by atoms with Gasteiger partial charge in [-0.2, -0.15) is 0 Å². The summed E-state index contributed by atoms with van der Waals surface area (Å²) < 4.78 is 5.72. The highest BCUT2D eigenvalue weighted by molar-refractivity contribution is 9.11. The number of aryl methyl sites for hydroxylation is 1. The van der Waals surface area contributed by atoms with Crippen molar-refractivity contribution in [2.24, 2.45) is 0 Å². The molecule has 1 rings (SSSR count). The fraction of sp³-hybridized carbons (Fsp3) is 0.200. The van der Waals surface area contributed by atoms with Crippen LogP contribution in [0.25, 0.3) is 0 Å². The second-order valence-electron chi connectivity index (χ2n) is 2.90. The standard InChI is InChI=1S/C10H8Br2O3/c1-5-3-8(12)6(4-7(5)11)9(13)10(14)15-2/h3-4H,1-2H3. The Balaban J connectivity index is 3.21. The van der Waals surface area contributed by atoms with E-state index in [0.29, 0.717) is 10.0 Å². The van der Waals surface area contributed by atoms with E-state index in [1.54, 1.807) is 12.1 Å². The molecule has 0 saturated carbocycles. The largest absolute Gasteiger partial charge is 0.463 e. The van der Waals surface area contributed by atoms with E-state index in [0.717, 1.165) is 10.0 Å². The highest BCUT2D eigenvalue weighted by atomic mass is 79.9. The molecule has 3 nitrogen and oxygen atoms in total. The Morgan fingerprint density at radius 2 is 1.80 bits per heavy atom. The van der Waals surface area contributed by atoms with E-state index < -0.39 is 11.8 Å². The summed E-state index contributed by atoms with van der Waals surface area (Å²) in [4.78, 5) is 22.6. The Hall–Kier alpha value is -0.680. The molecule has 0 bridgehead atoms. The van der Waals surface area contributed by atoms with Crippen LogP contribution >= 0.6 is 31.9 Å². The minimum absolute atomic E-state index is 0.291. The third-order valence-corrected chi connectivity index (χ3v) is 3.37. The van der Waals surface area contributed by atoms with Crippen molar-refractivity contribution >= 4 is 43.6 Å². The maximum atomic E-state index is 11.5. The molecule has 0 aliphatic carbocycles. The molecule has 0 aromatic heterocycles. The molecule has 1 aromatic carbocycles. The highest BCUT2D eigenvalue weighted by Crippen LogP contribution is 2.26. The average Bonchev–Trinajstić information content (AvgIpc) is 2.21. The smallest absolute Gasteiger partial charge is 0.379 e. The summed E-state index contributed by atoms with van der Waals surface area (Å²) in [6.07, 6.45) is 0. The molecule has 0 N–H and O–H groups in total. The first-order valence-electron chi connectivity index (χ1n) is 4.05. The van der Waals surface area contributed by atoms with Gasteiger partial charge in [0.05, 0.1) is 7.11 Å². The van der Waals surface area contributed by atoms with Crippen molar-refractivity contribution in [2.75, 3.05) is 7.11 Å². The van der Waals surface area contributed by atoms with Crippen LogP contribution in [-0.2, 0) is 9.53 Å². The van der Waals surface area contributed by atoms with E-state index >= 15 is 0 Å². The van der Waals surface area contributed by atoms with Gasteiger partial charge in [0.2, 0.25) is 0 Å². The van der Waals surface area contributed by atoms with E-state index in [1.165, 1.54) is 7.11 Å². The topological polar surface area (TPSA) is 43.4 Å². The predicted molar refractivity (Wildman–Crippen MR) is 62.9 cm³/mol. The quantitative estimate of drug-likeness (QED) is 0.474. The Kier molecular flexibility index (Phi) is 4.04. The monoisotopic (exact) mass is 334 g/mol. The van der Waals surface area contributed by atoms with Crippen molar-refractivity contribution in [3.63, 3.8) is 0 Å². The Morgan fingerprint density at radius 3 is 2.33 bits per heavy atom. The molecule has 0 heterocycles. The van der Waals surface area contributed by atoms with Crippen LogP contribution < -0.4 is 0 Å². The number of Topliss-reactive ketones (excluding diaryl/α,β-unsaturated/α-hetero) is 1. The summed E-state index contributed by atoms with van der Waals surface area (Å²) in [6, 6.07) is 3.36. The first-order chi connectivity index (χ1) is 6.97. The fourth-order valence-corrected chi connectivity index (χ4v) is 2.00. The molecule has 0 spiro atoms. The average molecular weight is 336 g/mol. The zero-order valence-corrected chi connectivity index (χ0v) is 11.3. The second-order valence-corrected chi connectivity index (χ2v) is 4.61. The van der Waals surface area contributed by atoms with Gasteiger partial charge in [-0.05, 0) is 24.6 Å². The summed E-state index contributed by atoms with van der Waals surface area (Å²) in [6.45, 7) is 1.89. The lowest BCUT2D eigenvalue weighted by Gasteiger charge is -2.05. The number of halogens is 2. The van der Waals surface area contributed by atoms with E-state index in [9.17, 15) is 9.59 Å². The van der Waals surface area contributed by atoms with Gasteiger partial charge in [0.1, 0.15) is 0 Å². The number of methoxy groups -OCH3 is 1. The van der Waals surface area contributed by atoms with E-state index in [-0.39, 0.29) is 0 Å². The zero-order chi connectivity index (χ0) is 11.6. The molecule has 0 fully saturated rings. The molecule has 0 atom stereocenters. The van der Waals surface area contributed by atoms with Crippen molar-refractivity contribution < 1.29 is 14.3 Å². The number of hydrogen-bond acceptors (Lipinski definition) is 3. The Bertz CT molecular complexity index is 427. The third kappa shape index (κ3) is 2.66. The molecular weight excluding hydrogens is 328 g/mol. The molecule has 0 aliphatic heterocycles. The molecule has 1 aromatic rings. The number of carbonyl (C=O) groups excluding carboxylic acids is 2. The van der Waals surface area contributed by atoms with Crippen molar-refractivity contribution in [3.05, 3.63) is 32.2 Å². The van der Waals surface area contributed by atoms with Crippen molar-refractivity contribution in [1.82, 2.24) is 0 Å². The summed E-state index contributed by atoms with van der Waals surface area (Å²) in [5.41, 5.74) is 1.27. The predicted octanol–water partition coefficient (Wildman–Crippen LogP) is 2.88. The fourth-order valence-electron chi connectivity index (χ4n) is 1.02. The number of rotatable bonds is 2. The van der Waals surface area contributed by atoms with Gasteiger partial charge >= 0.3 is 5.97 Å². The highest BCUT2D eigenvalue weighted by Gasteiger charge is 2.20. The van der Waals surface area contributed by atoms with Gasteiger partial charge in [0.15, 0.2) is 0 Å². The summed E-state index contributed by atoms with van der Waals surface area (Å²) in [5, 5.41) is 0. The number of ether oxygens (including phenoxy) is 1. The number of esters is 1. The summed E-state index contributed by atoms with van der Waals surface area (Å²) in [5.74, 6) is -1.53. The number of carbonyl (C=O) groups is 2. The van der Waals surface area contributed by atoms with Crippen LogP contribution in [0.1, 0.15) is 15.9 Å². The van der Waals surface area contributed by atoms with Gasteiger partial charge in [0.25, 0.3) is 5.78 Å². The summed E-state index contributed by atoms with van der Waals surface area (Å²) >= 11 is 6.52. The van der Waals surface area contributed by atoms with Crippen LogP contribution in [0.5, 0.6) is 0 Å². The third-order valence-electron chi connectivity index (χ3n) is 1.86. The lowest BCUT2D eigenvalue weighted by molar-refractivity contribution is -0.135. The second kappa shape index (κ2) is 4.90.